The molecule has 120 valence electrons. The molecular weight excluding hydrogens is 327 g/mol. The van der Waals surface area contributed by atoms with E-state index >= 15 is 0 Å². The van der Waals surface area contributed by atoms with Gasteiger partial charge in [-0.25, -0.2) is 0 Å². The predicted octanol–water partition coefficient (Wildman–Crippen LogP) is 5.39. The van der Waals surface area contributed by atoms with Gasteiger partial charge < -0.3 is 9.73 Å². The van der Waals surface area contributed by atoms with E-state index < -0.39 is 11.7 Å². The van der Waals surface area contributed by atoms with E-state index in [1.807, 2.05) is 6.07 Å². The first-order valence-electron chi connectivity index (χ1n) is 6.97. The third-order valence-electron chi connectivity index (χ3n) is 3.41. The molecule has 2 aromatic carbocycles. The third-order valence-corrected chi connectivity index (χ3v) is 3.65. The summed E-state index contributed by atoms with van der Waals surface area (Å²) in [6, 6.07) is 12.5. The molecule has 0 saturated heterocycles. The predicted molar refractivity (Wildman–Crippen MR) is 83.2 cm³/mol. The van der Waals surface area contributed by atoms with Crippen molar-refractivity contribution < 1.29 is 17.6 Å². The number of fused-ring (bicyclic) bond motifs is 1. The topological polar surface area (TPSA) is 25.2 Å². The van der Waals surface area contributed by atoms with Gasteiger partial charge in [-0.2, -0.15) is 13.2 Å². The van der Waals surface area contributed by atoms with Gasteiger partial charge in [-0.1, -0.05) is 29.8 Å². The van der Waals surface area contributed by atoms with Crippen LogP contribution in [0.1, 0.15) is 16.9 Å². The highest BCUT2D eigenvalue weighted by Crippen LogP contribution is 2.29. The Balaban J connectivity index is 1.64. The fourth-order valence-electron chi connectivity index (χ4n) is 2.34. The molecule has 0 aliphatic heterocycles. The lowest BCUT2D eigenvalue weighted by molar-refractivity contribution is -0.137. The second kappa shape index (κ2) is 6.26. The molecule has 0 fully saturated rings. The van der Waals surface area contributed by atoms with Crippen molar-refractivity contribution >= 4 is 22.6 Å². The molecule has 2 nitrogen and oxygen atoms in total. The zero-order chi connectivity index (χ0) is 16.4. The first kappa shape index (κ1) is 15.9. The molecule has 0 saturated carbocycles. The Hall–Kier alpha value is -1.98. The monoisotopic (exact) mass is 339 g/mol. The van der Waals surface area contributed by atoms with E-state index in [1.54, 1.807) is 24.3 Å². The molecule has 6 heteroatoms. The highest BCUT2D eigenvalue weighted by molar-refractivity contribution is 6.31. The average Bonchev–Trinajstić information content (AvgIpc) is 2.88. The van der Waals surface area contributed by atoms with Gasteiger partial charge in [-0.3, -0.25) is 0 Å². The molecule has 1 aromatic heterocycles. The number of furan rings is 1. The second-order valence-corrected chi connectivity index (χ2v) is 5.63. The molecule has 0 bridgehead atoms. The van der Waals surface area contributed by atoms with Crippen molar-refractivity contribution in [1.82, 2.24) is 5.32 Å². The minimum absolute atomic E-state index is 0.321. The molecule has 23 heavy (non-hydrogen) atoms. The van der Waals surface area contributed by atoms with Crippen LogP contribution in [0.15, 0.2) is 52.9 Å². The summed E-state index contributed by atoms with van der Waals surface area (Å²) in [5.41, 5.74) is 0.652. The normalized spacial score (nSPS) is 12.0. The van der Waals surface area contributed by atoms with Crippen molar-refractivity contribution in [1.29, 1.82) is 0 Å². The Labute approximate surface area is 135 Å². The minimum Gasteiger partial charge on any atom is -0.460 e. The van der Waals surface area contributed by atoms with E-state index in [4.69, 9.17) is 16.0 Å². The van der Waals surface area contributed by atoms with Gasteiger partial charge in [0.25, 0.3) is 0 Å². The SMILES string of the molecule is FC(F)(F)c1cccc(CNCc2cc3cc(Cl)ccc3o2)c1. The molecule has 3 aromatic rings. The molecule has 0 aliphatic carbocycles. The van der Waals surface area contributed by atoms with Crippen LogP contribution >= 0.6 is 11.6 Å². The van der Waals surface area contributed by atoms with Crippen molar-refractivity contribution in [2.75, 3.05) is 0 Å². The van der Waals surface area contributed by atoms with Crippen molar-refractivity contribution in [2.24, 2.45) is 0 Å². The lowest BCUT2D eigenvalue weighted by Gasteiger charge is -2.09. The summed E-state index contributed by atoms with van der Waals surface area (Å²) in [7, 11) is 0. The number of hydrogen-bond acceptors (Lipinski definition) is 2. The van der Waals surface area contributed by atoms with Gasteiger partial charge in [0.15, 0.2) is 0 Å². The number of benzene rings is 2. The highest BCUT2D eigenvalue weighted by Gasteiger charge is 2.30. The Morgan fingerprint density at radius 1 is 1.00 bits per heavy atom. The molecule has 1 heterocycles. The van der Waals surface area contributed by atoms with Crippen LogP contribution < -0.4 is 5.32 Å². The molecule has 0 unspecified atom stereocenters. The van der Waals surface area contributed by atoms with E-state index in [-0.39, 0.29) is 0 Å². The molecule has 1 N–H and O–H groups in total. The number of halogens is 4. The molecule has 0 spiro atoms. The molecule has 0 atom stereocenters. The van der Waals surface area contributed by atoms with Crippen molar-refractivity contribution in [3.05, 3.63) is 70.4 Å². The Morgan fingerprint density at radius 3 is 2.61 bits per heavy atom. The minimum atomic E-state index is -4.33. The Morgan fingerprint density at radius 2 is 1.83 bits per heavy atom. The Kier molecular flexibility index (Phi) is 4.33. The quantitative estimate of drug-likeness (QED) is 0.689. The maximum atomic E-state index is 12.7. The number of rotatable bonds is 4. The summed E-state index contributed by atoms with van der Waals surface area (Å²) in [5.74, 6) is 0.703. The maximum Gasteiger partial charge on any atom is 0.416 e. The summed E-state index contributed by atoms with van der Waals surface area (Å²) in [6.45, 7) is 0.740. The highest BCUT2D eigenvalue weighted by atomic mass is 35.5. The molecule has 0 amide bonds. The van der Waals surface area contributed by atoms with E-state index in [0.717, 1.165) is 23.1 Å². The van der Waals surface area contributed by atoms with Crippen LogP contribution in [0.25, 0.3) is 11.0 Å². The van der Waals surface area contributed by atoms with Crippen LogP contribution in [-0.2, 0) is 19.3 Å². The largest absolute Gasteiger partial charge is 0.460 e. The van der Waals surface area contributed by atoms with Gasteiger partial charge in [0.05, 0.1) is 12.1 Å². The first-order chi connectivity index (χ1) is 10.9. The van der Waals surface area contributed by atoms with Crippen LogP contribution in [-0.4, -0.2) is 0 Å². The van der Waals surface area contributed by atoms with Crippen molar-refractivity contribution in [3.8, 4) is 0 Å². The Bertz CT molecular complexity index is 826. The van der Waals surface area contributed by atoms with Gasteiger partial charge in [0.2, 0.25) is 0 Å². The lowest BCUT2D eigenvalue weighted by Crippen LogP contribution is -2.13. The fraction of sp³-hybridized carbons (Fsp3) is 0.176. The number of nitrogens with one attached hydrogen (secondary N) is 1. The van der Waals surface area contributed by atoms with Gasteiger partial charge in [-0.05, 0) is 35.9 Å². The van der Waals surface area contributed by atoms with E-state index in [9.17, 15) is 13.2 Å². The fourth-order valence-corrected chi connectivity index (χ4v) is 2.52. The zero-order valence-corrected chi connectivity index (χ0v) is 12.7. The van der Waals surface area contributed by atoms with Crippen LogP contribution in [0.4, 0.5) is 13.2 Å². The number of hydrogen-bond donors (Lipinski definition) is 1. The van der Waals surface area contributed by atoms with E-state index in [1.165, 1.54) is 6.07 Å². The van der Waals surface area contributed by atoms with Gasteiger partial charge in [-0.15, -0.1) is 0 Å². The third kappa shape index (κ3) is 3.86. The van der Waals surface area contributed by atoms with Crippen LogP contribution in [0.5, 0.6) is 0 Å². The summed E-state index contributed by atoms with van der Waals surface area (Å²) in [4.78, 5) is 0. The van der Waals surface area contributed by atoms with Gasteiger partial charge in [0, 0.05) is 17.0 Å². The summed E-state index contributed by atoms with van der Waals surface area (Å²) < 4.78 is 43.6. The molecule has 0 radical (unpaired) electrons. The molecular formula is C17H13ClF3NO. The summed E-state index contributed by atoms with van der Waals surface area (Å²) in [5, 5.41) is 4.60. The van der Waals surface area contributed by atoms with E-state index in [0.29, 0.717) is 29.4 Å². The summed E-state index contributed by atoms with van der Waals surface area (Å²) in [6.07, 6.45) is -4.33. The second-order valence-electron chi connectivity index (χ2n) is 5.20. The smallest absolute Gasteiger partial charge is 0.416 e. The van der Waals surface area contributed by atoms with Crippen molar-refractivity contribution in [2.45, 2.75) is 19.3 Å². The first-order valence-corrected chi connectivity index (χ1v) is 7.34. The summed E-state index contributed by atoms with van der Waals surface area (Å²) >= 11 is 5.91. The molecule has 0 aliphatic rings. The lowest BCUT2D eigenvalue weighted by atomic mass is 10.1. The van der Waals surface area contributed by atoms with Crippen LogP contribution in [0, 0.1) is 0 Å². The number of alkyl halides is 3. The van der Waals surface area contributed by atoms with Crippen LogP contribution in [0.2, 0.25) is 5.02 Å². The van der Waals surface area contributed by atoms with Gasteiger partial charge in [0.1, 0.15) is 11.3 Å². The molecule has 3 rings (SSSR count). The van der Waals surface area contributed by atoms with Crippen LogP contribution in [0.3, 0.4) is 0 Å². The zero-order valence-electron chi connectivity index (χ0n) is 12.0. The average molecular weight is 340 g/mol. The standard InChI is InChI=1S/C17H13ClF3NO/c18-14-4-5-16-12(7-14)8-15(23-16)10-22-9-11-2-1-3-13(6-11)17(19,20)21/h1-8,22H,9-10H2. The van der Waals surface area contributed by atoms with Crippen molar-refractivity contribution in [3.63, 3.8) is 0 Å². The van der Waals surface area contributed by atoms with Gasteiger partial charge >= 0.3 is 6.18 Å². The maximum absolute atomic E-state index is 12.7. The van der Waals surface area contributed by atoms with E-state index in [2.05, 4.69) is 5.32 Å².